The lowest BCUT2D eigenvalue weighted by molar-refractivity contribution is -0.125. The molecule has 14 heavy (non-hydrogen) atoms. The van der Waals surface area contributed by atoms with Crippen molar-refractivity contribution in [2.24, 2.45) is 0 Å². The van der Waals surface area contributed by atoms with Crippen LogP contribution in [0.15, 0.2) is 18.5 Å². The first kappa shape index (κ1) is 10.8. The van der Waals surface area contributed by atoms with Crippen LogP contribution in [0.4, 0.5) is 0 Å². The molecule has 4 heteroatoms. The van der Waals surface area contributed by atoms with Gasteiger partial charge in [-0.25, -0.2) is 0 Å². The van der Waals surface area contributed by atoms with Gasteiger partial charge in [-0.05, 0) is 18.1 Å². The molecule has 0 atom stereocenters. The van der Waals surface area contributed by atoms with Crippen LogP contribution in [0, 0.1) is 0 Å². The third kappa shape index (κ3) is 4.09. The highest BCUT2D eigenvalue weighted by atomic mass is 16.5. The molecular weight excluding hydrogens is 180 g/mol. The van der Waals surface area contributed by atoms with Crippen molar-refractivity contribution >= 4 is 5.91 Å². The molecule has 1 aromatic rings. The molecule has 0 spiro atoms. The lowest BCUT2D eigenvalue weighted by Crippen LogP contribution is -2.27. The number of amides is 1. The molecule has 0 aliphatic heterocycles. The van der Waals surface area contributed by atoms with E-state index < -0.39 is 0 Å². The maximum absolute atomic E-state index is 11.2. The average molecular weight is 196 g/mol. The maximum Gasteiger partial charge on any atom is 0.246 e. The Hall–Kier alpha value is -1.29. The van der Waals surface area contributed by atoms with Crippen molar-refractivity contribution in [1.29, 1.82) is 0 Å². The normalized spacial score (nSPS) is 10.1. The van der Waals surface area contributed by atoms with Gasteiger partial charge in [0.2, 0.25) is 5.91 Å². The number of ether oxygens (including phenoxy) is 1. The summed E-state index contributed by atoms with van der Waals surface area (Å²) in [6.45, 7) is 3.35. The van der Waals surface area contributed by atoms with Crippen LogP contribution in [0.2, 0.25) is 0 Å². The summed E-state index contributed by atoms with van der Waals surface area (Å²) in [5.41, 5.74) is 1.06. The van der Waals surface area contributed by atoms with E-state index in [4.69, 9.17) is 4.74 Å². The number of rotatable bonds is 6. The second kappa shape index (κ2) is 6.21. The van der Waals surface area contributed by atoms with Crippen LogP contribution in [0.3, 0.4) is 0 Å². The zero-order valence-electron chi connectivity index (χ0n) is 8.38. The molecule has 0 aliphatic rings. The van der Waals surface area contributed by atoms with Crippen LogP contribution in [0.1, 0.15) is 18.9 Å². The topological polar surface area (TPSA) is 54.1 Å². The van der Waals surface area contributed by atoms with Crippen LogP contribution in [-0.2, 0) is 16.1 Å². The minimum Gasteiger partial charge on any atom is -0.372 e. The Balaban J connectivity index is 2.09. The number of carbonyl (C=O) groups is 1. The number of hydrogen-bond acceptors (Lipinski definition) is 2. The second-order valence-corrected chi connectivity index (χ2v) is 3.05. The van der Waals surface area contributed by atoms with Gasteiger partial charge in [0.15, 0.2) is 0 Å². The van der Waals surface area contributed by atoms with Gasteiger partial charge in [-0.1, -0.05) is 6.92 Å². The van der Waals surface area contributed by atoms with Crippen molar-refractivity contribution < 1.29 is 9.53 Å². The van der Waals surface area contributed by atoms with E-state index in [-0.39, 0.29) is 12.5 Å². The van der Waals surface area contributed by atoms with E-state index >= 15 is 0 Å². The van der Waals surface area contributed by atoms with E-state index in [2.05, 4.69) is 10.3 Å². The van der Waals surface area contributed by atoms with Crippen LogP contribution < -0.4 is 5.32 Å². The van der Waals surface area contributed by atoms with Crippen molar-refractivity contribution in [2.45, 2.75) is 19.9 Å². The van der Waals surface area contributed by atoms with E-state index in [9.17, 15) is 4.79 Å². The fourth-order valence-corrected chi connectivity index (χ4v) is 1.03. The smallest absolute Gasteiger partial charge is 0.246 e. The van der Waals surface area contributed by atoms with Gasteiger partial charge in [-0.15, -0.1) is 0 Å². The van der Waals surface area contributed by atoms with Gasteiger partial charge in [0, 0.05) is 25.5 Å². The molecule has 4 nitrogen and oxygen atoms in total. The SMILES string of the molecule is CCCOCC(=O)NCc1cc[nH]c1. The molecule has 0 radical (unpaired) electrons. The quantitative estimate of drug-likeness (QED) is 0.668. The van der Waals surface area contributed by atoms with Gasteiger partial charge in [0.05, 0.1) is 0 Å². The highest BCUT2D eigenvalue weighted by Gasteiger charge is 2.00. The molecule has 0 fully saturated rings. The summed E-state index contributed by atoms with van der Waals surface area (Å²) < 4.78 is 5.09. The molecule has 0 bridgehead atoms. The van der Waals surface area contributed by atoms with Crippen molar-refractivity contribution in [2.75, 3.05) is 13.2 Å². The summed E-state index contributed by atoms with van der Waals surface area (Å²) in [7, 11) is 0. The Morgan fingerprint density at radius 2 is 2.50 bits per heavy atom. The van der Waals surface area contributed by atoms with E-state index in [0.717, 1.165) is 12.0 Å². The fourth-order valence-electron chi connectivity index (χ4n) is 1.03. The van der Waals surface area contributed by atoms with E-state index in [1.807, 2.05) is 25.4 Å². The van der Waals surface area contributed by atoms with Gasteiger partial charge < -0.3 is 15.0 Å². The standard InChI is InChI=1S/C10H16N2O2/c1-2-5-14-8-10(13)12-7-9-3-4-11-6-9/h3-4,6,11H,2,5,7-8H2,1H3,(H,12,13). The Morgan fingerprint density at radius 3 is 3.14 bits per heavy atom. The predicted octanol–water partition coefficient (Wildman–Crippen LogP) is 1.06. The third-order valence-electron chi connectivity index (χ3n) is 1.73. The van der Waals surface area contributed by atoms with Crippen LogP contribution in [0.5, 0.6) is 0 Å². The van der Waals surface area contributed by atoms with Crippen LogP contribution in [-0.4, -0.2) is 24.1 Å². The van der Waals surface area contributed by atoms with Crippen LogP contribution >= 0.6 is 0 Å². The van der Waals surface area contributed by atoms with Crippen molar-refractivity contribution in [1.82, 2.24) is 10.3 Å². The molecule has 78 valence electrons. The highest BCUT2D eigenvalue weighted by Crippen LogP contribution is 1.94. The molecule has 1 heterocycles. The summed E-state index contributed by atoms with van der Waals surface area (Å²) in [6, 6.07) is 1.92. The zero-order chi connectivity index (χ0) is 10.2. The first-order chi connectivity index (χ1) is 6.83. The number of hydrogen-bond donors (Lipinski definition) is 2. The summed E-state index contributed by atoms with van der Waals surface area (Å²) in [4.78, 5) is 14.1. The van der Waals surface area contributed by atoms with Gasteiger partial charge >= 0.3 is 0 Å². The molecular formula is C10H16N2O2. The van der Waals surface area contributed by atoms with Gasteiger partial charge in [-0.2, -0.15) is 0 Å². The molecule has 0 saturated heterocycles. The highest BCUT2D eigenvalue weighted by molar-refractivity contribution is 5.77. The first-order valence-electron chi connectivity index (χ1n) is 4.79. The Morgan fingerprint density at radius 1 is 1.64 bits per heavy atom. The maximum atomic E-state index is 11.2. The molecule has 2 N–H and O–H groups in total. The van der Waals surface area contributed by atoms with Gasteiger partial charge in [0.25, 0.3) is 0 Å². The minimum absolute atomic E-state index is 0.0698. The Labute approximate surface area is 83.7 Å². The second-order valence-electron chi connectivity index (χ2n) is 3.05. The van der Waals surface area contributed by atoms with Crippen molar-refractivity contribution in [3.05, 3.63) is 24.0 Å². The number of carbonyl (C=O) groups excluding carboxylic acids is 1. The monoisotopic (exact) mass is 196 g/mol. The molecule has 0 unspecified atom stereocenters. The van der Waals surface area contributed by atoms with Crippen LogP contribution in [0.25, 0.3) is 0 Å². The minimum atomic E-state index is -0.0698. The summed E-state index contributed by atoms with van der Waals surface area (Å²) in [5.74, 6) is -0.0698. The Kier molecular flexibility index (Phi) is 4.78. The molecule has 1 rings (SSSR count). The molecule has 1 aromatic heterocycles. The first-order valence-corrected chi connectivity index (χ1v) is 4.79. The molecule has 1 amide bonds. The van der Waals surface area contributed by atoms with Crippen molar-refractivity contribution in [3.8, 4) is 0 Å². The third-order valence-corrected chi connectivity index (χ3v) is 1.73. The fraction of sp³-hybridized carbons (Fsp3) is 0.500. The lowest BCUT2D eigenvalue weighted by atomic mass is 10.3. The molecule has 0 aliphatic carbocycles. The van der Waals surface area contributed by atoms with Gasteiger partial charge in [0.1, 0.15) is 6.61 Å². The number of H-pyrrole nitrogens is 1. The van der Waals surface area contributed by atoms with E-state index in [1.54, 1.807) is 0 Å². The number of nitrogens with one attached hydrogen (secondary N) is 2. The summed E-state index contributed by atoms with van der Waals surface area (Å²) in [5, 5.41) is 2.76. The lowest BCUT2D eigenvalue weighted by Gasteiger charge is -2.03. The average Bonchev–Trinajstić information content (AvgIpc) is 2.68. The van der Waals surface area contributed by atoms with E-state index in [1.165, 1.54) is 0 Å². The Bertz CT molecular complexity index is 257. The zero-order valence-corrected chi connectivity index (χ0v) is 8.38. The number of aromatic amines is 1. The largest absolute Gasteiger partial charge is 0.372 e. The summed E-state index contributed by atoms with van der Waals surface area (Å²) in [6.07, 6.45) is 4.62. The molecule has 0 saturated carbocycles. The predicted molar refractivity (Wildman–Crippen MR) is 53.7 cm³/mol. The number of aromatic nitrogens is 1. The van der Waals surface area contributed by atoms with E-state index in [0.29, 0.717) is 13.2 Å². The van der Waals surface area contributed by atoms with Gasteiger partial charge in [-0.3, -0.25) is 4.79 Å². The summed E-state index contributed by atoms with van der Waals surface area (Å²) >= 11 is 0. The molecule has 0 aromatic carbocycles. The van der Waals surface area contributed by atoms with Crippen molar-refractivity contribution in [3.63, 3.8) is 0 Å².